The van der Waals surface area contributed by atoms with Crippen molar-refractivity contribution in [1.29, 1.82) is 0 Å². The molecule has 0 saturated carbocycles. The lowest BCUT2D eigenvalue weighted by molar-refractivity contribution is 0.749. The van der Waals surface area contributed by atoms with Gasteiger partial charge in [0.25, 0.3) is 0 Å². The van der Waals surface area contributed by atoms with E-state index in [1.807, 2.05) is 0 Å². The first kappa shape index (κ1) is 35.5. The Kier molecular flexibility index (Phi) is 8.13. The van der Waals surface area contributed by atoms with Crippen molar-refractivity contribution in [3.8, 4) is 11.1 Å². The molecular formula is C61H45N. The molecule has 6 aliphatic carbocycles. The molecule has 2 heterocycles. The van der Waals surface area contributed by atoms with Gasteiger partial charge in [-0.2, -0.15) is 0 Å². The number of allylic oxidation sites excluding steroid dienone is 20. The fourth-order valence-electron chi connectivity index (χ4n) is 11.5. The van der Waals surface area contributed by atoms with E-state index in [2.05, 4.69) is 217 Å². The fourth-order valence-corrected chi connectivity index (χ4v) is 11.5. The molecule has 0 aromatic heterocycles. The molecule has 0 bridgehead atoms. The number of fused-ring (bicyclic) bond motifs is 12. The van der Waals surface area contributed by atoms with Gasteiger partial charge in [0.15, 0.2) is 0 Å². The topological polar surface area (TPSA) is 3.24 Å². The minimum Gasteiger partial charge on any atom is -0.329 e. The third-order valence-electron chi connectivity index (χ3n) is 14.5. The molecule has 5 aromatic rings. The third kappa shape index (κ3) is 5.61. The van der Waals surface area contributed by atoms with Crippen molar-refractivity contribution in [2.75, 3.05) is 4.90 Å². The monoisotopic (exact) mass is 791 g/mol. The van der Waals surface area contributed by atoms with Crippen LogP contribution < -0.4 is 15.3 Å². The van der Waals surface area contributed by atoms with Crippen molar-refractivity contribution in [3.63, 3.8) is 0 Å². The molecule has 0 N–H and O–H groups in total. The summed E-state index contributed by atoms with van der Waals surface area (Å²) in [5.41, 5.74) is 23.0. The summed E-state index contributed by atoms with van der Waals surface area (Å²) in [5.74, 6) is 1.10. The molecule has 0 saturated heterocycles. The summed E-state index contributed by atoms with van der Waals surface area (Å²) in [4.78, 5) is 2.53. The number of para-hydroxylation sites is 2. The summed E-state index contributed by atoms with van der Waals surface area (Å²) in [7, 11) is 0. The molecule has 8 aliphatic rings. The Hall–Kier alpha value is -7.22. The summed E-state index contributed by atoms with van der Waals surface area (Å²) in [5, 5.41) is 2.71. The minimum absolute atomic E-state index is 0.148. The van der Waals surface area contributed by atoms with Gasteiger partial charge in [-0.25, -0.2) is 0 Å². The third-order valence-corrected chi connectivity index (χ3v) is 14.5. The van der Waals surface area contributed by atoms with E-state index in [1.165, 1.54) is 105 Å². The van der Waals surface area contributed by atoms with Crippen LogP contribution in [0.15, 0.2) is 229 Å². The van der Waals surface area contributed by atoms with Crippen molar-refractivity contribution < 1.29 is 0 Å². The Balaban J connectivity index is 0.942. The Morgan fingerprint density at radius 2 is 1.19 bits per heavy atom. The second-order valence-electron chi connectivity index (χ2n) is 17.8. The Morgan fingerprint density at radius 1 is 0.516 bits per heavy atom. The van der Waals surface area contributed by atoms with E-state index in [-0.39, 0.29) is 12.0 Å². The summed E-state index contributed by atoms with van der Waals surface area (Å²) >= 11 is 0. The standard InChI is InChI=1S/C61H45N/c1-3-14-44-35-46(27-23-39(44)11-1)41-21-25-43(26-22-41)60-52-17-6-7-18-53(52)61(49-28-24-40-12-2-4-15-45(40)36-49)56-38-48(30-33-54(56)60)47-29-32-51-55(37-47)50-16-8-10-20-58(50)62-57-19-9-5-13-42(57)31-34-59(51)62/h1-32,34,37-38,44-45,54,59H,33,35-36H2. The van der Waals surface area contributed by atoms with E-state index < -0.39 is 0 Å². The summed E-state index contributed by atoms with van der Waals surface area (Å²) in [6.07, 6.45) is 40.2. The maximum atomic E-state index is 2.56. The van der Waals surface area contributed by atoms with Crippen LogP contribution in [-0.2, 0) is 0 Å². The Labute approximate surface area is 364 Å². The van der Waals surface area contributed by atoms with E-state index in [4.69, 9.17) is 0 Å². The van der Waals surface area contributed by atoms with Gasteiger partial charge in [-0.15, -0.1) is 0 Å². The zero-order chi connectivity index (χ0) is 40.7. The van der Waals surface area contributed by atoms with Crippen LogP contribution in [0.25, 0.3) is 39.5 Å². The molecule has 1 heteroatoms. The number of benzene rings is 5. The first-order chi connectivity index (χ1) is 30.7. The summed E-state index contributed by atoms with van der Waals surface area (Å²) in [6, 6.07) is 44.0. The van der Waals surface area contributed by atoms with Crippen LogP contribution in [0.4, 0.5) is 11.4 Å². The van der Waals surface area contributed by atoms with Crippen LogP contribution in [-0.4, -0.2) is 0 Å². The largest absolute Gasteiger partial charge is 0.329 e. The fraction of sp³-hybridized carbons (Fsp3) is 0.115. The molecule has 4 unspecified atom stereocenters. The average molecular weight is 792 g/mol. The lowest BCUT2D eigenvalue weighted by Crippen LogP contribution is -2.38. The van der Waals surface area contributed by atoms with Crippen molar-refractivity contribution in [1.82, 2.24) is 0 Å². The van der Waals surface area contributed by atoms with Crippen molar-refractivity contribution in [2.45, 2.75) is 25.3 Å². The van der Waals surface area contributed by atoms with Gasteiger partial charge in [0.05, 0.1) is 6.04 Å². The van der Waals surface area contributed by atoms with Gasteiger partial charge in [-0.3, -0.25) is 0 Å². The molecule has 1 nitrogen and oxygen atoms in total. The molecule has 0 radical (unpaired) electrons. The molecule has 0 fully saturated rings. The van der Waals surface area contributed by atoms with E-state index in [0.29, 0.717) is 11.8 Å². The lowest BCUT2D eigenvalue weighted by Gasteiger charge is -2.41. The van der Waals surface area contributed by atoms with Crippen molar-refractivity contribution >= 4 is 39.7 Å². The Morgan fingerprint density at radius 3 is 2.02 bits per heavy atom. The second kappa shape index (κ2) is 14.2. The molecule has 5 aromatic carbocycles. The van der Waals surface area contributed by atoms with Crippen LogP contribution in [0, 0.1) is 17.8 Å². The highest BCUT2D eigenvalue weighted by atomic mass is 15.2. The maximum Gasteiger partial charge on any atom is 0.0785 e. The highest BCUT2D eigenvalue weighted by molar-refractivity contribution is 5.96. The summed E-state index contributed by atoms with van der Waals surface area (Å²) in [6.45, 7) is 0. The molecular weight excluding hydrogens is 747 g/mol. The molecule has 13 rings (SSSR count). The molecule has 0 spiro atoms. The van der Waals surface area contributed by atoms with Gasteiger partial charge < -0.3 is 4.90 Å². The zero-order valence-corrected chi connectivity index (χ0v) is 34.6. The van der Waals surface area contributed by atoms with Crippen LogP contribution in [0.5, 0.6) is 0 Å². The van der Waals surface area contributed by atoms with Gasteiger partial charge in [0.2, 0.25) is 0 Å². The first-order valence-electron chi connectivity index (χ1n) is 22.4. The molecule has 2 aliphatic heterocycles. The smallest absolute Gasteiger partial charge is 0.0785 e. The van der Waals surface area contributed by atoms with Crippen LogP contribution >= 0.6 is 0 Å². The van der Waals surface area contributed by atoms with Crippen LogP contribution in [0.1, 0.15) is 53.1 Å². The maximum absolute atomic E-state index is 2.56. The second-order valence-corrected chi connectivity index (χ2v) is 17.8. The number of hydrogen-bond donors (Lipinski definition) is 0. The van der Waals surface area contributed by atoms with Crippen molar-refractivity contribution in [2.24, 2.45) is 17.8 Å². The molecule has 0 amide bonds. The number of anilines is 2. The minimum atomic E-state index is 0.148. The highest BCUT2D eigenvalue weighted by Crippen LogP contribution is 2.53. The van der Waals surface area contributed by atoms with Gasteiger partial charge in [-0.1, -0.05) is 194 Å². The van der Waals surface area contributed by atoms with Gasteiger partial charge in [0.1, 0.15) is 0 Å². The quantitative estimate of drug-likeness (QED) is 0.175. The predicted octanol–water partition coefficient (Wildman–Crippen LogP) is 13.4. The first-order valence-corrected chi connectivity index (χ1v) is 22.4. The van der Waals surface area contributed by atoms with Crippen molar-refractivity contribution in [3.05, 3.63) is 267 Å². The number of hydrogen-bond acceptors (Lipinski definition) is 1. The number of nitrogens with zero attached hydrogens (tertiary/aromatic N) is 1. The van der Waals surface area contributed by atoms with E-state index in [9.17, 15) is 0 Å². The van der Waals surface area contributed by atoms with E-state index in [1.54, 1.807) is 0 Å². The molecule has 4 atom stereocenters. The van der Waals surface area contributed by atoms with Gasteiger partial charge in [0, 0.05) is 34.7 Å². The summed E-state index contributed by atoms with van der Waals surface area (Å²) < 4.78 is 0. The average Bonchev–Trinajstić information content (AvgIpc) is 3.35. The normalized spacial score (nSPS) is 23.1. The SMILES string of the molecule is C1=CC2=CC=C(C3=c4ccccc4=C(c4ccc(C5=CC=C6C=CC=CC6C5)cc4)C4CC=C(c5ccc6c(c5)-c5ccccc5N5c7ccccc7C=CC65)C=C34)CC2C=C1. The van der Waals surface area contributed by atoms with Gasteiger partial charge in [-0.05, 0) is 126 Å². The lowest BCUT2D eigenvalue weighted by atomic mass is 9.69. The van der Waals surface area contributed by atoms with Gasteiger partial charge >= 0.3 is 0 Å². The highest BCUT2D eigenvalue weighted by Gasteiger charge is 2.36. The molecule has 294 valence electrons. The zero-order valence-electron chi connectivity index (χ0n) is 34.6. The Bertz CT molecular complexity index is 3270. The van der Waals surface area contributed by atoms with Crippen LogP contribution in [0.3, 0.4) is 0 Å². The molecule has 62 heavy (non-hydrogen) atoms. The van der Waals surface area contributed by atoms with E-state index in [0.717, 1.165) is 19.3 Å². The van der Waals surface area contributed by atoms with E-state index >= 15 is 0 Å². The predicted molar refractivity (Wildman–Crippen MR) is 259 cm³/mol. The number of rotatable bonds is 4. The van der Waals surface area contributed by atoms with Crippen LogP contribution in [0.2, 0.25) is 0 Å².